The molecule has 25 heavy (non-hydrogen) atoms. The lowest BCUT2D eigenvalue weighted by molar-refractivity contribution is 0.0159. The van der Waals surface area contributed by atoms with Crippen molar-refractivity contribution in [3.8, 4) is 0 Å². The van der Waals surface area contributed by atoms with Gasteiger partial charge in [0.15, 0.2) is 0 Å². The topological polar surface area (TPSA) is 44.8 Å². The van der Waals surface area contributed by atoms with Crippen LogP contribution in [0.25, 0.3) is 0 Å². The van der Waals surface area contributed by atoms with Crippen molar-refractivity contribution in [2.24, 2.45) is 0 Å². The van der Waals surface area contributed by atoms with E-state index in [4.69, 9.17) is 4.74 Å². The molecule has 1 saturated heterocycles. The summed E-state index contributed by atoms with van der Waals surface area (Å²) in [4.78, 5) is 16.4. The van der Waals surface area contributed by atoms with Crippen LogP contribution in [0.3, 0.4) is 0 Å². The van der Waals surface area contributed by atoms with Crippen molar-refractivity contribution in [3.63, 3.8) is 0 Å². The summed E-state index contributed by atoms with van der Waals surface area (Å²) in [5.74, 6) is -0.110. The predicted octanol–water partition coefficient (Wildman–Crippen LogP) is 2.92. The van der Waals surface area contributed by atoms with E-state index in [2.05, 4.69) is 10.2 Å². The van der Waals surface area contributed by atoms with E-state index in [1.807, 2.05) is 33.8 Å². The highest BCUT2D eigenvalue weighted by Gasteiger charge is 2.32. The SMILES string of the molecule is C[C@@H]1CN(c2ccc(F)c3c2CNCC3)CCN1C(=O)OC(C)(C)C. The van der Waals surface area contributed by atoms with Crippen LogP contribution in [0.5, 0.6) is 0 Å². The van der Waals surface area contributed by atoms with Crippen LogP contribution in [0.4, 0.5) is 14.9 Å². The second-order valence-electron chi connectivity index (χ2n) is 7.92. The molecule has 1 amide bonds. The fourth-order valence-corrected chi connectivity index (χ4v) is 3.61. The predicted molar refractivity (Wildman–Crippen MR) is 96.4 cm³/mol. The number of rotatable bonds is 1. The molecule has 0 aromatic heterocycles. The number of anilines is 1. The third-order valence-electron chi connectivity index (χ3n) is 4.80. The van der Waals surface area contributed by atoms with Gasteiger partial charge in [-0.05, 0) is 63.9 Å². The Morgan fingerprint density at radius 2 is 2.04 bits per heavy atom. The molecule has 1 fully saturated rings. The number of halogens is 1. The van der Waals surface area contributed by atoms with Crippen molar-refractivity contribution in [2.75, 3.05) is 31.1 Å². The minimum absolute atomic E-state index is 0.0425. The molecular weight excluding hydrogens is 321 g/mol. The first-order valence-electron chi connectivity index (χ1n) is 9.02. The summed E-state index contributed by atoms with van der Waals surface area (Å²) in [6.07, 6.45) is 0.463. The van der Waals surface area contributed by atoms with Gasteiger partial charge in [0.25, 0.3) is 0 Å². The van der Waals surface area contributed by atoms with Crippen molar-refractivity contribution < 1.29 is 13.9 Å². The molecule has 2 aliphatic heterocycles. The molecule has 2 heterocycles. The van der Waals surface area contributed by atoms with Gasteiger partial charge in [0, 0.05) is 37.9 Å². The average molecular weight is 349 g/mol. The van der Waals surface area contributed by atoms with Gasteiger partial charge in [0.1, 0.15) is 11.4 Å². The maximum absolute atomic E-state index is 14.1. The Balaban J connectivity index is 1.75. The second kappa shape index (κ2) is 6.83. The van der Waals surface area contributed by atoms with E-state index in [1.165, 1.54) is 0 Å². The maximum atomic E-state index is 14.1. The smallest absolute Gasteiger partial charge is 0.410 e. The van der Waals surface area contributed by atoms with Crippen molar-refractivity contribution in [1.82, 2.24) is 10.2 Å². The molecule has 0 bridgehead atoms. The number of carbonyl (C=O) groups excluding carboxylic acids is 1. The minimum Gasteiger partial charge on any atom is -0.444 e. The zero-order valence-electron chi connectivity index (χ0n) is 15.6. The highest BCUT2D eigenvalue weighted by atomic mass is 19.1. The van der Waals surface area contributed by atoms with Crippen LogP contribution in [0, 0.1) is 5.82 Å². The Morgan fingerprint density at radius 1 is 1.28 bits per heavy atom. The highest BCUT2D eigenvalue weighted by molar-refractivity contribution is 5.69. The van der Waals surface area contributed by atoms with Crippen molar-refractivity contribution in [2.45, 2.75) is 52.3 Å². The van der Waals surface area contributed by atoms with Crippen LogP contribution in [-0.4, -0.2) is 48.8 Å². The standard InChI is InChI=1S/C19H28FN3O2/c1-13-12-22(9-10-23(13)18(24)25-19(2,3)4)17-6-5-16(20)14-7-8-21-11-15(14)17/h5-6,13,21H,7-12H2,1-4H3/t13-/m1/s1. The van der Waals surface area contributed by atoms with Crippen LogP contribution in [-0.2, 0) is 17.7 Å². The quantitative estimate of drug-likeness (QED) is 0.847. The summed E-state index contributed by atoms with van der Waals surface area (Å²) in [5.41, 5.74) is 2.48. The van der Waals surface area contributed by atoms with E-state index >= 15 is 0 Å². The van der Waals surface area contributed by atoms with E-state index in [0.29, 0.717) is 13.1 Å². The molecule has 0 aliphatic carbocycles. The Morgan fingerprint density at radius 3 is 2.72 bits per heavy atom. The third-order valence-corrected chi connectivity index (χ3v) is 4.80. The molecule has 0 radical (unpaired) electrons. The van der Waals surface area contributed by atoms with E-state index in [1.54, 1.807) is 11.0 Å². The van der Waals surface area contributed by atoms with Gasteiger partial charge in [0.2, 0.25) is 0 Å². The molecular formula is C19H28FN3O2. The molecule has 1 N–H and O–H groups in total. The summed E-state index contributed by atoms with van der Waals surface area (Å²) < 4.78 is 19.6. The van der Waals surface area contributed by atoms with Crippen molar-refractivity contribution in [1.29, 1.82) is 0 Å². The van der Waals surface area contributed by atoms with Gasteiger partial charge in [0.05, 0.1) is 0 Å². The van der Waals surface area contributed by atoms with E-state index < -0.39 is 5.60 Å². The Kier molecular flexibility index (Phi) is 4.91. The van der Waals surface area contributed by atoms with Gasteiger partial charge in [-0.3, -0.25) is 0 Å². The van der Waals surface area contributed by atoms with Gasteiger partial charge in [-0.15, -0.1) is 0 Å². The average Bonchev–Trinajstić information content (AvgIpc) is 2.53. The van der Waals surface area contributed by atoms with Gasteiger partial charge >= 0.3 is 6.09 Å². The number of nitrogens with zero attached hydrogens (tertiary/aromatic N) is 2. The number of hydrogen-bond acceptors (Lipinski definition) is 4. The lowest BCUT2D eigenvalue weighted by Crippen LogP contribution is -2.55. The van der Waals surface area contributed by atoms with Crippen LogP contribution in [0.1, 0.15) is 38.8 Å². The summed E-state index contributed by atoms with van der Waals surface area (Å²) in [5, 5.41) is 3.33. The number of hydrogen-bond donors (Lipinski definition) is 1. The molecule has 138 valence electrons. The Labute approximate surface area is 149 Å². The van der Waals surface area contributed by atoms with Crippen LogP contribution < -0.4 is 10.2 Å². The molecule has 1 aromatic carbocycles. The van der Waals surface area contributed by atoms with Gasteiger partial charge < -0.3 is 19.9 Å². The largest absolute Gasteiger partial charge is 0.444 e. The lowest BCUT2D eigenvalue weighted by Gasteiger charge is -2.42. The molecule has 6 heteroatoms. The van der Waals surface area contributed by atoms with E-state index in [-0.39, 0.29) is 18.0 Å². The van der Waals surface area contributed by atoms with Crippen LogP contribution >= 0.6 is 0 Å². The second-order valence-corrected chi connectivity index (χ2v) is 7.92. The molecule has 1 atom stereocenters. The van der Waals surface area contributed by atoms with Gasteiger partial charge in [-0.25, -0.2) is 9.18 Å². The molecule has 0 unspecified atom stereocenters. The van der Waals surface area contributed by atoms with Crippen LogP contribution in [0.15, 0.2) is 12.1 Å². The molecule has 0 spiro atoms. The van der Waals surface area contributed by atoms with Gasteiger partial charge in [-0.2, -0.15) is 0 Å². The Bertz CT molecular complexity index is 657. The van der Waals surface area contributed by atoms with Crippen LogP contribution in [0.2, 0.25) is 0 Å². The lowest BCUT2D eigenvalue weighted by atomic mass is 9.97. The van der Waals surface area contributed by atoms with E-state index in [0.717, 1.165) is 42.9 Å². The molecule has 1 aromatic rings. The zero-order valence-corrected chi connectivity index (χ0v) is 15.6. The summed E-state index contributed by atoms with van der Waals surface area (Å²) in [6.45, 7) is 11.2. The number of benzene rings is 1. The minimum atomic E-state index is -0.490. The molecule has 0 saturated carbocycles. The van der Waals surface area contributed by atoms with Crippen molar-refractivity contribution in [3.05, 3.63) is 29.1 Å². The summed E-state index contributed by atoms with van der Waals surface area (Å²) in [7, 11) is 0. The summed E-state index contributed by atoms with van der Waals surface area (Å²) in [6, 6.07) is 3.49. The summed E-state index contributed by atoms with van der Waals surface area (Å²) >= 11 is 0. The third kappa shape index (κ3) is 3.89. The van der Waals surface area contributed by atoms with Gasteiger partial charge in [-0.1, -0.05) is 0 Å². The fraction of sp³-hybridized carbons (Fsp3) is 0.632. The number of nitrogens with one attached hydrogen (secondary N) is 1. The fourth-order valence-electron chi connectivity index (χ4n) is 3.61. The number of piperazine rings is 1. The maximum Gasteiger partial charge on any atom is 0.410 e. The number of amides is 1. The number of ether oxygens (including phenoxy) is 1. The first-order valence-corrected chi connectivity index (χ1v) is 9.02. The van der Waals surface area contributed by atoms with Crippen molar-refractivity contribution >= 4 is 11.8 Å². The first-order chi connectivity index (χ1) is 11.8. The number of carbonyl (C=O) groups is 1. The monoisotopic (exact) mass is 349 g/mol. The zero-order chi connectivity index (χ0) is 18.2. The molecule has 3 rings (SSSR count). The van der Waals surface area contributed by atoms with E-state index in [9.17, 15) is 9.18 Å². The Hall–Kier alpha value is -1.82. The molecule has 5 nitrogen and oxygen atoms in total. The normalized spacial score (nSPS) is 21.1. The first kappa shape index (κ1) is 18.0. The molecule has 2 aliphatic rings. The highest BCUT2D eigenvalue weighted by Crippen LogP contribution is 2.30. The number of fused-ring (bicyclic) bond motifs is 1.